The minimum Gasteiger partial charge on any atom is -0.493 e. The molecule has 0 radical (unpaired) electrons. The smallest absolute Gasteiger partial charge is 0.277 e. The number of hydrogen-bond acceptors (Lipinski definition) is 2. The molecule has 1 aromatic carbocycles. The van der Waals surface area contributed by atoms with Crippen LogP contribution in [0.25, 0.3) is 0 Å². The van der Waals surface area contributed by atoms with Gasteiger partial charge in [-0.2, -0.15) is 0 Å². The standard InChI is InChI=1S/C13H18N2O2/c1-9(2)11-6-13(17-4)12(16-3)5-10(11)7-15-8-14/h5-9,14H,1-4H3/p+1. The molecule has 0 heterocycles. The summed E-state index contributed by atoms with van der Waals surface area (Å²) < 4.78 is 10.5. The van der Waals surface area contributed by atoms with Crippen molar-refractivity contribution in [1.82, 2.24) is 0 Å². The average molecular weight is 235 g/mol. The number of hydrogen-bond donors (Lipinski definition) is 1. The number of aliphatic imine (C=N–C) groups is 1. The van der Waals surface area contributed by atoms with E-state index in [-0.39, 0.29) is 0 Å². The van der Waals surface area contributed by atoms with E-state index < -0.39 is 0 Å². The SMILES string of the molecule is COc1cc(C=NC=[NH2+])c(C(C)C)cc1OC. The average Bonchev–Trinajstić information content (AvgIpc) is 2.34. The summed E-state index contributed by atoms with van der Waals surface area (Å²) in [4.78, 5) is 3.95. The molecule has 2 N–H and O–H groups in total. The third kappa shape index (κ3) is 3.06. The fourth-order valence-corrected chi connectivity index (χ4v) is 1.65. The van der Waals surface area contributed by atoms with Crippen molar-refractivity contribution in [3.63, 3.8) is 0 Å². The highest BCUT2D eigenvalue weighted by Crippen LogP contribution is 2.33. The monoisotopic (exact) mass is 235 g/mol. The number of rotatable bonds is 5. The molecule has 92 valence electrons. The first-order valence-corrected chi connectivity index (χ1v) is 5.46. The van der Waals surface area contributed by atoms with Gasteiger partial charge in [0.25, 0.3) is 6.34 Å². The van der Waals surface area contributed by atoms with Gasteiger partial charge in [-0.1, -0.05) is 18.8 Å². The Balaban J connectivity index is 3.34. The van der Waals surface area contributed by atoms with Crippen LogP contribution >= 0.6 is 0 Å². The molecule has 0 aliphatic carbocycles. The Hall–Kier alpha value is -1.84. The van der Waals surface area contributed by atoms with Crippen LogP contribution in [0, 0.1) is 0 Å². The van der Waals surface area contributed by atoms with Crippen molar-refractivity contribution < 1.29 is 14.9 Å². The second kappa shape index (κ2) is 6.03. The second-order valence-corrected chi connectivity index (χ2v) is 3.92. The summed E-state index contributed by atoms with van der Waals surface area (Å²) in [5.74, 6) is 1.79. The fourth-order valence-electron chi connectivity index (χ4n) is 1.65. The van der Waals surface area contributed by atoms with Gasteiger partial charge < -0.3 is 9.47 Å². The summed E-state index contributed by atoms with van der Waals surface area (Å²) in [6, 6.07) is 3.88. The Bertz CT molecular complexity index is 426. The van der Waals surface area contributed by atoms with Crippen LogP contribution in [0.3, 0.4) is 0 Å². The van der Waals surface area contributed by atoms with Crippen molar-refractivity contribution in [1.29, 1.82) is 0 Å². The molecule has 1 aromatic rings. The van der Waals surface area contributed by atoms with E-state index in [1.165, 1.54) is 6.34 Å². The summed E-state index contributed by atoms with van der Waals surface area (Å²) in [5, 5.41) is 5.25. The second-order valence-electron chi connectivity index (χ2n) is 3.92. The molecule has 0 amide bonds. The summed E-state index contributed by atoms with van der Waals surface area (Å²) >= 11 is 0. The maximum Gasteiger partial charge on any atom is 0.277 e. The molecule has 0 saturated carbocycles. The molecule has 0 unspecified atom stereocenters. The van der Waals surface area contributed by atoms with Crippen LogP contribution in [0.5, 0.6) is 11.5 Å². The fraction of sp³-hybridized carbons (Fsp3) is 0.385. The zero-order valence-electron chi connectivity index (χ0n) is 10.7. The van der Waals surface area contributed by atoms with Gasteiger partial charge in [-0.15, -0.1) is 0 Å². The Labute approximate surface area is 102 Å². The molecular weight excluding hydrogens is 216 g/mol. The molecule has 0 bridgehead atoms. The van der Waals surface area contributed by atoms with Crippen LogP contribution in [0.4, 0.5) is 0 Å². The number of nitrogens with zero attached hydrogens (tertiary/aromatic N) is 1. The molecule has 0 atom stereocenters. The maximum atomic E-state index is 5.28. The highest BCUT2D eigenvalue weighted by Gasteiger charge is 2.13. The Morgan fingerprint density at radius 2 is 1.76 bits per heavy atom. The molecule has 0 spiro atoms. The lowest BCUT2D eigenvalue weighted by atomic mass is 9.97. The van der Waals surface area contributed by atoms with Crippen LogP contribution in [-0.4, -0.2) is 26.8 Å². The Kier molecular flexibility index (Phi) is 4.69. The first-order valence-electron chi connectivity index (χ1n) is 5.46. The highest BCUT2D eigenvalue weighted by atomic mass is 16.5. The van der Waals surface area contributed by atoms with Crippen LogP contribution < -0.4 is 14.9 Å². The Morgan fingerprint density at radius 3 is 2.24 bits per heavy atom. The summed E-state index contributed by atoms with van der Waals surface area (Å²) in [6.07, 6.45) is 2.98. The van der Waals surface area contributed by atoms with Crippen LogP contribution in [0.1, 0.15) is 30.9 Å². The summed E-state index contributed by atoms with van der Waals surface area (Å²) in [5.41, 5.74) is 2.13. The van der Waals surface area contributed by atoms with Crippen molar-refractivity contribution in [3.05, 3.63) is 23.3 Å². The predicted octanol–water partition coefficient (Wildman–Crippen LogP) is 1.03. The maximum absolute atomic E-state index is 5.28. The van der Waals surface area contributed by atoms with E-state index in [1.54, 1.807) is 20.4 Å². The molecule has 0 aliphatic heterocycles. The van der Waals surface area contributed by atoms with E-state index in [4.69, 9.17) is 14.9 Å². The van der Waals surface area contributed by atoms with Gasteiger partial charge in [-0.25, -0.2) is 0 Å². The van der Waals surface area contributed by atoms with Crippen LogP contribution in [0.15, 0.2) is 17.1 Å². The van der Waals surface area contributed by atoms with Crippen LogP contribution in [-0.2, 0) is 0 Å². The number of benzene rings is 1. The lowest BCUT2D eigenvalue weighted by Gasteiger charge is -2.14. The molecule has 17 heavy (non-hydrogen) atoms. The van der Waals surface area contributed by atoms with Gasteiger partial charge in [0.15, 0.2) is 11.5 Å². The van der Waals surface area contributed by atoms with Crippen molar-refractivity contribution >= 4 is 12.6 Å². The van der Waals surface area contributed by atoms with Gasteiger partial charge in [0.1, 0.15) is 6.21 Å². The minimum absolute atomic E-state index is 0.369. The zero-order chi connectivity index (χ0) is 12.8. The third-order valence-electron chi connectivity index (χ3n) is 2.51. The minimum atomic E-state index is 0.369. The van der Waals surface area contributed by atoms with E-state index >= 15 is 0 Å². The lowest BCUT2D eigenvalue weighted by molar-refractivity contribution is -0.106. The topological polar surface area (TPSA) is 56.4 Å². The van der Waals surface area contributed by atoms with E-state index in [0.717, 1.165) is 16.9 Å². The van der Waals surface area contributed by atoms with E-state index in [2.05, 4.69) is 18.8 Å². The first-order chi connectivity index (χ1) is 8.13. The largest absolute Gasteiger partial charge is 0.493 e. The molecule has 4 heteroatoms. The number of methoxy groups -OCH3 is 2. The number of ether oxygens (including phenoxy) is 2. The summed E-state index contributed by atoms with van der Waals surface area (Å²) in [7, 11) is 3.24. The van der Waals surface area contributed by atoms with Crippen LogP contribution in [0.2, 0.25) is 0 Å². The van der Waals surface area contributed by atoms with Gasteiger partial charge in [0, 0.05) is 5.56 Å². The predicted molar refractivity (Wildman–Crippen MR) is 69.2 cm³/mol. The molecule has 0 aromatic heterocycles. The highest BCUT2D eigenvalue weighted by molar-refractivity contribution is 5.87. The molecule has 1 rings (SSSR count). The Morgan fingerprint density at radius 1 is 1.18 bits per heavy atom. The van der Waals surface area contributed by atoms with Gasteiger partial charge in [-0.05, 0) is 23.6 Å². The van der Waals surface area contributed by atoms with Crippen molar-refractivity contribution in [2.45, 2.75) is 19.8 Å². The van der Waals surface area contributed by atoms with Gasteiger partial charge in [-0.3, -0.25) is 5.41 Å². The van der Waals surface area contributed by atoms with E-state index in [9.17, 15) is 0 Å². The molecule has 0 saturated heterocycles. The molecule has 4 nitrogen and oxygen atoms in total. The van der Waals surface area contributed by atoms with Gasteiger partial charge in [0.05, 0.1) is 14.2 Å². The lowest BCUT2D eigenvalue weighted by Crippen LogP contribution is -2.28. The molecule has 0 fully saturated rings. The quantitative estimate of drug-likeness (QED) is 0.612. The normalized spacial score (nSPS) is 10.9. The van der Waals surface area contributed by atoms with Gasteiger partial charge in [0.2, 0.25) is 0 Å². The number of nitrogens with two attached hydrogens (primary N) is 1. The molecule has 0 aliphatic rings. The van der Waals surface area contributed by atoms with Crippen molar-refractivity contribution in [2.75, 3.05) is 14.2 Å². The summed E-state index contributed by atoms with van der Waals surface area (Å²) in [6.45, 7) is 4.23. The van der Waals surface area contributed by atoms with Crippen molar-refractivity contribution in [3.8, 4) is 11.5 Å². The van der Waals surface area contributed by atoms with E-state index in [1.807, 2.05) is 12.1 Å². The van der Waals surface area contributed by atoms with E-state index in [0.29, 0.717) is 11.7 Å². The third-order valence-corrected chi connectivity index (χ3v) is 2.51. The van der Waals surface area contributed by atoms with Crippen molar-refractivity contribution in [2.24, 2.45) is 4.99 Å². The first kappa shape index (κ1) is 13.2. The van der Waals surface area contributed by atoms with Gasteiger partial charge >= 0.3 is 0 Å². The molecular formula is C13H19N2O2+. The zero-order valence-corrected chi connectivity index (χ0v) is 10.7.